The maximum atomic E-state index is 18.0. The van der Waals surface area contributed by atoms with Crippen LogP contribution in [-0.4, -0.2) is 0 Å². The second kappa shape index (κ2) is 19.1. The summed E-state index contributed by atoms with van der Waals surface area (Å²) in [5, 5.41) is 6.10. The average molecular weight is 989 g/mol. The Kier molecular flexibility index (Phi) is 12.1. The molecule has 0 aliphatic heterocycles. The highest BCUT2D eigenvalue weighted by Crippen LogP contribution is 2.52. The van der Waals surface area contributed by atoms with Crippen molar-refractivity contribution in [3.05, 3.63) is 265 Å². The molecular weight excluding hydrogens is 931 g/mol. The fraction of sp³-hybridized carbons (Fsp3) is 0.111. The Balaban J connectivity index is 1.15. The lowest BCUT2D eigenvalue weighted by molar-refractivity contribution is 0.590. The van der Waals surface area contributed by atoms with Gasteiger partial charge in [-0.25, -0.2) is 8.78 Å². The predicted octanol–water partition coefficient (Wildman–Crippen LogP) is 21.1. The first kappa shape index (κ1) is 48.1. The lowest BCUT2D eigenvalue weighted by atomic mass is 9.86. The van der Waals surface area contributed by atoms with Gasteiger partial charge in [0.2, 0.25) is 0 Å². The Morgan fingerprint density at radius 1 is 0.303 bits per heavy atom. The van der Waals surface area contributed by atoms with Crippen LogP contribution in [0.25, 0.3) is 76.8 Å². The van der Waals surface area contributed by atoms with Crippen LogP contribution in [0.3, 0.4) is 0 Å². The molecule has 0 aromatic heterocycles. The molecule has 0 atom stereocenters. The molecule has 0 amide bonds. The summed E-state index contributed by atoms with van der Waals surface area (Å²) in [7, 11) is 0. The van der Waals surface area contributed by atoms with Crippen molar-refractivity contribution in [2.75, 3.05) is 9.80 Å². The highest BCUT2D eigenvalue weighted by atomic mass is 19.1. The number of halogens is 2. The number of hydrogen-bond donors (Lipinski definition) is 0. The van der Waals surface area contributed by atoms with Crippen LogP contribution in [0, 0.1) is 11.6 Å². The van der Waals surface area contributed by atoms with Gasteiger partial charge < -0.3 is 9.80 Å². The van der Waals surface area contributed by atoms with Crippen molar-refractivity contribution >= 4 is 66.4 Å². The van der Waals surface area contributed by atoms with Crippen LogP contribution in [-0.2, 0) is 10.8 Å². The second-order valence-electron chi connectivity index (χ2n) is 22.0. The standard InChI is InChI=1S/C72H58F2N2/c1-71(2,3)55-29-19-31-57(45-55)75(69-61(49-25-15-9-16-26-49)41-53(43-63(69)73)47-21-11-7-12-22-47)65-39-35-51-34-38-60-66(40-36-52-33-37-59(65)67(51)68(52)60)76(58-32-20-30-56(46-58)72(4,5)6)70-62(50-27-17-10-18-28-50)42-54(44-64(70)74)48-23-13-8-14-24-48/h7-46H,1-6H3. The molecule has 0 saturated heterocycles. The van der Waals surface area contributed by atoms with Gasteiger partial charge in [0.25, 0.3) is 0 Å². The van der Waals surface area contributed by atoms with Crippen LogP contribution >= 0.6 is 0 Å². The van der Waals surface area contributed by atoms with E-state index in [0.29, 0.717) is 11.4 Å². The third-order valence-electron chi connectivity index (χ3n) is 15.0. The largest absolute Gasteiger partial charge is 0.307 e. The summed E-state index contributed by atoms with van der Waals surface area (Å²) in [6, 6.07) is 82.4. The molecule has 2 nitrogen and oxygen atoms in total. The maximum absolute atomic E-state index is 18.0. The first-order chi connectivity index (χ1) is 36.8. The highest BCUT2D eigenvalue weighted by molar-refractivity contribution is 6.28. The summed E-state index contributed by atoms with van der Waals surface area (Å²) in [4.78, 5) is 4.27. The predicted molar refractivity (Wildman–Crippen MR) is 319 cm³/mol. The number of rotatable bonds is 10. The van der Waals surface area contributed by atoms with E-state index in [1.54, 1.807) is 12.1 Å². The third-order valence-corrected chi connectivity index (χ3v) is 15.0. The van der Waals surface area contributed by atoms with Gasteiger partial charge in [-0.1, -0.05) is 224 Å². The van der Waals surface area contributed by atoms with Gasteiger partial charge >= 0.3 is 0 Å². The van der Waals surface area contributed by atoms with Crippen LogP contribution in [0.2, 0.25) is 0 Å². The summed E-state index contributed by atoms with van der Waals surface area (Å²) in [6.45, 7) is 13.3. The summed E-state index contributed by atoms with van der Waals surface area (Å²) in [6.07, 6.45) is 0. The highest BCUT2D eigenvalue weighted by Gasteiger charge is 2.30. The monoisotopic (exact) mass is 988 g/mol. The zero-order chi connectivity index (χ0) is 52.3. The summed E-state index contributed by atoms with van der Waals surface area (Å²) in [5.41, 5.74) is 13.0. The molecule has 0 aliphatic carbocycles. The molecule has 12 aromatic carbocycles. The van der Waals surface area contributed by atoms with Crippen LogP contribution in [0.5, 0.6) is 0 Å². The Morgan fingerprint density at radius 3 is 1.00 bits per heavy atom. The van der Waals surface area contributed by atoms with Gasteiger partial charge in [-0.05, 0) is 138 Å². The first-order valence-electron chi connectivity index (χ1n) is 26.2. The van der Waals surface area contributed by atoms with E-state index in [1.807, 2.05) is 97.1 Å². The Morgan fingerprint density at radius 2 is 0.645 bits per heavy atom. The fourth-order valence-corrected chi connectivity index (χ4v) is 11.1. The molecule has 0 unspecified atom stereocenters. The molecule has 4 heteroatoms. The van der Waals surface area contributed by atoms with E-state index in [4.69, 9.17) is 0 Å². The molecular formula is C72H58F2N2. The molecule has 0 aliphatic rings. The molecule has 12 rings (SSSR count). The van der Waals surface area contributed by atoms with Crippen molar-refractivity contribution < 1.29 is 8.78 Å². The van der Waals surface area contributed by atoms with Gasteiger partial charge in [0.05, 0.1) is 22.7 Å². The van der Waals surface area contributed by atoms with Crippen molar-refractivity contribution in [2.24, 2.45) is 0 Å². The molecule has 0 bridgehead atoms. The van der Waals surface area contributed by atoms with E-state index in [2.05, 4.69) is 185 Å². The first-order valence-corrected chi connectivity index (χ1v) is 26.2. The molecule has 76 heavy (non-hydrogen) atoms. The van der Waals surface area contributed by atoms with E-state index in [0.717, 1.165) is 111 Å². The van der Waals surface area contributed by atoms with E-state index in [9.17, 15) is 0 Å². The Hall–Kier alpha value is -8.86. The minimum Gasteiger partial charge on any atom is -0.307 e. The average Bonchev–Trinajstić information content (AvgIpc) is 3.58. The maximum Gasteiger partial charge on any atom is 0.148 e. The zero-order valence-corrected chi connectivity index (χ0v) is 43.7. The van der Waals surface area contributed by atoms with Gasteiger partial charge in [-0.2, -0.15) is 0 Å². The number of benzene rings is 12. The topological polar surface area (TPSA) is 6.48 Å². The molecule has 0 N–H and O–H groups in total. The Labute approximate surface area is 445 Å². The van der Waals surface area contributed by atoms with E-state index >= 15 is 8.78 Å². The second-order valence-corrected chi connectivity index (χ2v) is 22.0. The molecule has 370 valence electrons. The molecule has 0 radical (unpaired) electrons. The van der Waals surface area contributed by atoms with Crippen LogP contribution < -0.4 is 9.80 Å². The van der Waals surface area contributed by atoms with Crippen LogP contribution in [0.4, 0.5) is 42.9 Å². The normalized spacial score (nSPS) is 11.9. The molecule has 0 fully saturated rings. The quantitative estimate of drug-likeness (QED) is 0.126. The zero-order valence-electron chi connectivity index (χ0n) is 43.7. The molecule has 12 aromatic rings. The van der Waals surface area contributed by atoms with Crippen molar-refractivity contribution in [3.8, 4) is 44.5 Å². The molecule has 0 spiro atoms. The number of nitrogens with zero attached hydrogens (tertiary/aromatic N) is 2. The van der Waals surface area contributed by atoms with Crippen molar-refractivity contribution in [3.63, 3.8) is 0 Å². The smallest absolute Gasteiger partial charge is 0.148 e. The van der Waals surface area contributed by atoms with Crippen molar-refractivity contribution in [1.29, 1.82) is 0 Å². The van der Waals surface area contributed by atoms with Gasteiger partial charge in [0, 0.05) is 33.3 Å². The Bertz CT molecular complexity index is 3810. The minimum absolute atomic E-state index is 0.182. The van der Waals surface area contributed by atoms with Gasteiger partial charge in [0.15, 0.2) is 0 Å². The van der Waals surface area contributed by atoms with Crippen LogP contribution in [0.15, 0.2) is 243 Å². The summed E-state index contributed by atoms with van der Waals surface area (Å²) < 4.78 is 36.1. The van der Waals surface area contributed by atoms with Crippen LogP contribution in [0.1, 0.15) is 52.7 Å². The lowest BCUT2D eigenvalue weighted by Gasteiger charge is -2.32. The number of anilines is 6. The van der Waals surface area contributed by atoms with Gasteiger partial charge in [-0.15, -0.1) is 0 Å². The lowest BCUT2D eigenvalue weighted by Crippen LogP contribution is -2.17. The number of hydrogen-bond acceptors (Lipinski definition) is 2. The van der Waals surface area contributed by atoms with E-state index in [-0.39, 0.29) is 22.5 Å². The third kappa shape index (κ3) is 8.74. The summed E-state index contributed by atoms with van der Waals surface area (Å²) in [5.74, 6) is -0.672. The van der Waals surface area contributed by atoms with Gasteiger partial charge in [0.1, 0.15) is 11.6 Å². The van der Waals surface area contributed by atoms with Crippen molar-refractivity contribution in [1.82, 2.24) is 0 Å². The summed E-state index contributed by atoms with van der Waals surface area (Å²) >= 11 is 0. The molecule has 0 heterocycles. The fourth-order valence-electron chi connectivity index (χ4n) is 11.1. The van der Waals surface area contributed by atoms with E-state index in [1.165, 1.54) is 0 Å². The van der Waals surface area contributed by atoms with Crippen molar-refractivity contribution in [2.45, 2.75) is 52.4 Å². The SMILES string of the molecule is CC(C)(C)c1cccc(N(c2c(F)cc(-c3ccccc3)cc2-c2ccccc2)c2ccc3ccc4c(N(c5cccc(C(C)(C)C)c5)c5c(F)cc(-c6ccccc6)cc5-c5ccccc5)ccc5ccc2c3c54)c1. The van der Waals surface area contributed by atoms with Gasteiger partial charge in [-0.3, -0.25) is 0 Å². The minimum atomic E-state index is -0.336. The van der Waals surface area contributed by atoms with E-state index < -0.39 is 0 Å². The molecule has 0 saturated carbocycles.